The van der Waals surface area contributed by atoms with Crippen LogP contribution in [0.3, 0.4) is 0 Å². The minimum Gasteiger partial charge on any atom is -0.382 e. The summed E-state index contributed by atoms with van der Waals surface area (Å²) in [5.74, 6) is -0.0293. The Morgan fingerprint density at radius 2 is 2.14 bits per heavy atom. The maximum Gasteiger partial charge on any atom is 0.273 e. The highest BCUT2D eigenvalue weighted by molar-refractivity contribution is 6.03. The molecule has 0 saturated carbocycles. The van der Waals surface area contributed by atoms with Gasteiger partial charge in [0.25, 0.3) is 5.91 Å². The van der Waals surface area contributed by atoms with E-state index in [1.807, 2.05) is 30.3 Å². The molecular formula is C14H14N6O. The molecule has 2 aromatic heterocycles. The first-order chi connectivity index (χ1) is 10.2. The fourth-order valence-corrected chi connectivity index (χ4v) is 1.94. The largest absolute Gasteiger partial charge is 0.382 e. The number of H-pyrrole nitrogens is 1. The lowest BCUT2D eigenvalue weighted by atomic mass is 10.2. The van der Waals surface area contributed by atoms with E-state index < -0.39 is 0 Å². The molecule has 7 nitrogen and oxygen atoms in total. The molecule has 4 N–H and O–H groups in total. The van der Waals surface area contributed by atoms with Crippen molar-refractivity contribution in [3.05, 3.63) is 60.0 Å². The lowest BCUT2D eigenvalue weighted by Gasteiger charge is -2.01. The molecule has 0 aliphatic heterocycles. The van der Waals surface area contributed by atoms with Crippen LogP contribution in [-0.2, 0) is 6.54 Å². The quantitative estimate of drug-likeness (QED) is 0.674. The Kier molecular flexibility index (Phi) is 3.38. The fourth-order valence-electron chi connectivity index (χ4n) is 1.94. The summed E-state index contributed by atoms with van der Waals surface area (Å²) in [5, 5.41) is 13.2. The van der Waals surface area contributed by atoms with Crippen LogP contribution < -0.4 is 11.1 Å². The van der Waals surface area contributed by atoms with Crippen LogP contribution in [0.1, 0.15) is 16.1 Å². The Morgan fingerprint density at radius 3 is 2.86 bits per heavy atom. The van der Waals surface area contributed by atoms with Crippen molar-refractivity contribution < 1.29 is 4.79 Å². The molecule has 2 heterocycles. The molecule has 0 aliphatic rings. The van der Waals surface area contributed by atoms with Crippen LogP contribution in [-0.4, -0.2) is 25.9 Å². The predicted molar refractivity (Wildman–Crippen MR) is 78.7 cm³/mol. The van der Waals surface area contributed by atoms with Gasteiger partial charge in [0.1, 0.15) is 11.5 Å². The lowest BCUT2D eigenvalue weighted by molar-refractivity contribution is 0.102. The summed E-state index contributed by atoms with van der Waals surface area (Å²) in [6, 6.07) is 11.4. The van der Waals surface area contributed by atoms with Crippen molar-refractivity contribution in [3.63, 3.8) is 0 Å². The number of nitrogens with zero attached hydrogens (tertiary/aromatic N) is 3. The van der Waals surface area contributed by atoms with Crippen molar-refractivity contribution >= 4 is 17.4 Å². The molecule has 3 rings (SSSR count). The zero-order valence-electron chi connectivity index (χ0n) is 11.2. The third-order valence-corrected chi connectivity index (χ3v) is 2.92. The second-order valence-electron chi connectivity index (χ2n) is 4.57. The number of nitrogens with two attached hydrogens (primary N) is 1. The Hall–Kier alpha value is -3.09. The van der Waals surface area contributed by atoms with Gasteiger partial charge < -0.3 is 11.1 Å². The first kappa shape index (κ1) is 12.9. The smallest absolute Gasteiger partial charge is 0.273 e. The van der Waals surface area contributed by atoms with E-state index in [0.29, 0.717) is 17.9 Å². The van der Waals surface area contributed by atoms with Gasteiger partial charge in [-0.2, -0.15) is 10.2 Å². The van der Waals surface area contributed by atoms with Crippen molar-refractivity contribution in [3.8, 4) is 0 Å². The van der Waals surface area contributed by atoms with Gasteiger partial charge >= 0.3 is 0 Å². The SMILES string of the molecule is Nc1cc(C(=O)Nc2cnn(Cc3ccccc3)c2)[nH]n1. The van der Waals surface area contributed by atoms with E-state index in [0.717, 1.165) is 5.56 Å². The second kappa shape index (κ2) is 5.49. The summed E-state index contributed by atoms with van der Waals surface area (Å²) in [4.78, 5) is 11.9. The third kappa shape index (κ3) is 3.08. The zero-order chi connectivity index (χ0) is 14.7. The average Bonchev–Trinajstić information content (AvgIpc) is 3.09. The molecule has 0 atom stereocenters. The van der Waals surface area contributed by atoms with E-state index in [1.54, 1.807) is 17.1 Å². The fraction of sp³-hybridized carbons (Fsp3) is 0.0714. The highest BCUT2D eigenvalue weighted by Gasteiger charge is 2.10. The van der Waals surface area contributed by atoms with E-state index in [9.17, 15) is 4.79 Å². The monoisotopic (exact) mass is 282 g/mol. The van der Waals surface area contributed by atoms with E-state index in [4.69, 9.17) is 5.73 Å². The molecule has 0 radical (unpaired) electrons. The third-order valence-electron chi connectivity index (χ3n) is 2.92. The molecule has 1 aromatic carbocycles. The summed E-state index contributed by atoms with van der Waals surface area (Å²) in [5.41, 5.74) is 7.52. The molecule has 106 valence electrons. The molecule has 0 unspecified atom stereocenters. The normalized spacial score (nSPS) is 10.5. The molecular weight excluding hydrogens is 268 g/mol. The predicted octanol–water partition coefficient (Wildman–Crippen LogP) is 1.49. The van der Waals surface area contributed by atoms with Crippen molar-refractivity contribution in [1.29, 1.82) is 0 Å². The maximum absolute atomic E-state index is 11.9. The summed E-state index contributed by atoms with van der Waals surface area (Å²) in [6.45, 7) is 0.647. The number of carbonyl (C=O) groups is 1. The van der Waals surface area contributed by atoms with E-state index >= 15 is 0 Å². The number of nitrogens with one attached hydrogen (secondary N) is 2. The van der Waals surface area contributed by atoms with Gasteiger partial charge in [-0.15, -0.1) is 0 Å². The van der Waals surface area contributed by atoms with Gasteiger partial charge in [-0.05, 0) is 5.56 Å². The Labute approximate surface area is 120 Å². The summed E-state index contributed by atoms with van der Waals surface area (Å²) < 4.78 is 1.76. The molecule has 21 heavy (non-hydrogen) atoms. The van der Waals surface area contributed by atoms with Gasteiger partial charge in [-0.1, -0.05) is 30.3 Å². The number of carbonyl (C=O) groups excluding carboxylic acids is 1. The minimum absolute atomic E-state index is 0.278. The lowest BCUT2D eigenvalue weighted by Crippen LogP contribution is -2.11. The number of amides is 1. The van der Waals surface area contributed by atoms with Gasteiger partial charge in [0, 0.05) is 12.3 Å². The maximum atomic E-state index is 11.9. The van der Waals surface area contributed by atoms with Crippen LogP contribution in [0.15, 0.2) is 48.8 Å². The Morgan fingerprint density at radius 1 is 1.33 bits per heavy atom. The van der Waals surface area contributed by atoms with E-state index in [1.165, 1.54) is 6.07 Å². The van der Waals surface area contributed by atoms with Crippen LogP contribution in [0.25, 0.3) is 0 Å². The second-order valence-corrected chi connectivity index (χ2v) is 4.57. The summed E-state index contributed by atoms with van der Waals surface area (Å²) in [7, 11) is 0. The standard InChI is InChI=1S/C14H14N6O/c15-13-6-12(18-19-13)14(21)17-11-7-16-20(9-11)8-10-4-2-1-3-5-10/h1-7,9H,8H2,(H,17,21)(H3,15,18,19). The average molecular weight is 282 g/mol. The number of nitrogen functional groups attached to an aromatic ring is 1. The molecule has 0 saturated heterocycles. The first-order valence-corrected chi connectivity index (χ1v) is 6.39. The molecule has 1 amide bonds. The van der Waals surface area contributed by atoms with Gasteiger partial charge in [0.2, 0.25) is 0 Å². The number of hydrogen-bond donors (Lipinski definition) is 3. The number of anilines is 2. The van der Waals surface area contributed by atoms with Crippen molar-refractivity contribution in [2.24, 2.45) is 0 Å². The van der Waals surface area contributed by atoms with Crippen LogP contribution in [0.5, 0.6) is 0 Å². The van der Waals surface area contributed by atoms with Crippen LogP contribution in [0.4, 0.5) is 11.5 Å². The Balaban J connectivity index is 1.66. The highest BCUT2D eigenvalue weighted by atomic mass is 16.1. The van der Waals surface area contributed by atoms with Gasteiger partial charge in [-0.3, -0.25) is 14.6 Å². The van der Waals surface area contributed by atoms with Crippen LogP contribution >= 0.6 is 0 Å². The van der Waals surface area contributed by atoms with Crippen LogP contribution in [0.2, 0.25) is 0 Å². The van der Waals surface area contributed by atoms with E-state index in [-0.39, 0.29) is 11.7 Å². The Bertz CT molecular complexity index is 746. The number of aromatic nitrogens is 4. The van der Waals surface area contributed by atoms with E-state index in [2.05, 4.69) is 20.6 Å². The first-order valence-electron chi connectivity index (χ1n) is 6.39. The molecule has 0 spiro atoms. The topological polar surface area (TPSA) is 102 Å². The van der Waals surface area contributed by atoms with Crippen LogP contribution in [0, 0.1) is 0 Å². The molecule has 7 heteroatoms. The highest BCUT2D eigenvalue weighted by Crippen LogP contribution is 2.10. The zero-order valence-corrected chi connectivity index (χ0v) is 11.2. The number of benzene rings is 1. The number of aromatic amines is 1. The van der Waals surface area contributed by atoms with Gasteiger partial charge in [0.15, 0.2) is 0 Å². The number of rotatable bonds is 4. The van der Waals surface area contributed by atoms with Crippen molar-refractivity contribution in [2.45, 2.75) is 6.54 Å². The minimum atomic E-state index is -0.307. The molecule has 0 aliphatic carbocycles. The van der Waals surface area contributed by atoms with Gasteiger partial charge in [-0.25, -0.2) is 0 Å². The van der Waals surface area contributed by atoms with Crippen molar-refractivity contribution in [1.82, 2.24) is 20.0 Å². The molecule has 0 fully saturated rings. The molecule has 0 bridgehead atoms. The summed E-state index contributed by atoms with van der Waals surface area (Å²) in [6.07, 6.45) is 3.37. The van der Waals surface area contributed by atoms with Gasteiger partial charge in [0.05, 0.1) is 18.4 Å². The summed E-state index contributed by atoms with van der Waals surface area (Å²) >= 11 is 0. The molecule has 3 aromatic rings. The van der Waals surface area contributed by atoms with Crippen molar-refractivity contribution in [2.75, 3.05) is 11.1 Å². The number of hydrogen-bond acceptors (Lipinski definition) is 4.